The van der Waals surface area contributed by atoms with Crippen molar-refractivity contribution in [3.63, 3.8) is 0 Å². The number of piperazine rings is 1. The molecule has 164 valence electrons. The fraction of sp³-hybridized carbons (Fsp3) is 0.650. The van der Waals surface area contributed by atoms with Gasteiger partial charge >= 0.3 is 0 Å². The predicted molar refractivity (Wildman–Crippen MR) is 112 cm³/mol. The maximum absolute atomic E-state index is 13.0. The minimum absolute atomic E-state index is 0.0752. The lowest BCUT2D eigenvalue weighted by atomic mass is 10.2. The Labute approximate surface area is 174 Å². The molecule has 0 atom stereocenters. The van der Waals surface area contributed by atoms with Crippen LogP contribution in [0.4, 0.5) is 0 Å². The number of benzene rings is 1. The molecule has 1 fully saturated rings. The van der Waals surface area contributed by atoms with Crippen molar-refractivity contribution in [2.45, 2.75) is 44.7 Å². The van der Waals surface area contributed by atoms with Gasteiger partial charge in [0.15, 0.2) is 11.5 Å². The molecule has 0 spiro atoms. The maximum Gasteiger partial charge on any atom is 0.243 e. The van der Waals surface area contributed by atoms with Crippen molar-refractivity contribution in [1.29, 1.82) is 0 Å². The van der Waals surface area contributed by atoms with E-state index in [1.165, 1.54) is 30.7 Å². The zero-order valence-electron chi connectivity index (χ0n) is 18.2. The van der Waals surface area contributed by atoms with Crippen molar-refractivity contribution in [3.8, 4) is 11.5 Å². The van der Waals surface area contributed by atoms with Gasteiger partial charge < -0.3 is 14.4 Å². The molecule has 0 N–H and O–H groups in total. The number of rotatable bonds is 8. The van der Waals surface area contributed by atoms with Gasteiger partial charge in [0.1, 0.15) is 0 Å². The van der Waals surface area contributed by atoms with E-state index in [9.17, 15) is 13.2 Å². The van der Waals surface area contributed by atoms with Crippen LogP contribution >= 0.6 is 0 Å². The molecule has 2 rings (SSSR count). The summed E-state index contributed by atoms with van der Waals surface area (Å²) < 4.78 is 37.9. The molecule has 0 aromatic heterocycles. The van der Waals surface area contributed by atoms with Crippen LogP contribution in [0.3, 0.4) is 0 Å². The molecule has 29 heavy (non-hydrogen) atoms. The van der Waals surface area contributed by atoms with Crippen molar-refractivity contribution >= 4 is 15.9 Å². The summed E-state index contributed by atoms with van der Waals surface area (Å²) in [5, 5.41) is 0. The second-order valence-corrected chi connectivity index (χ2v) is 9.62. The molecule has 0 saturated carbocycles. The summed E-state index contributed by atoms with van der Waals surface area (Å²) in [4.78, 5) is 16.7. The van der Waals surface area contributed by atoms with Crippen LogP contribution in [-0.2, 0) is 14.8 Å². The number of hydrogen-bond donors (Lipinski definition) is 0. The first kappa shape index (κ1) is 23.4. The van der Waals surface area contributed by atoms with E-state index in [2.05, 4.69) is 0 Å². The standard InChI is InChI=1S/C20H33N3O5S/c1-15(2)23(16(3)4)20(24)14-21-9-11-22(12-10-21)29(25,26)17-7-8-18(27-5)19(13-17)28-6/h7-8,13,15-16H,9-12,14H2,1-6H3. The van der Waals surface area contributed by atoms with Crippen molar-refractivity contribution in [3.05, 3.63) is 18.2 Å². The third kappa shape index (κ3) is 5.40. The summed E-state index contributed by atoms with van der Waals surface area (Å²) in [7, 11) is -0.659. The van der Waals surface area contributed by atoms with Gasteiger partial charge in [-0.25, -0.2) is 8.42 Å². The van der Waals surface area contributed by atoms with Crippen LogP contribution in [0, 0.1) is 0 Å². The largest absolute Gasteiger partial charge is 0.493 e. The highest BCUT2D eigenvalue weighted by Gasteiger charge is 2.31. The summed E-state index contributed by atoms with van der Waals surface area (Å²) in [5.41, 5.74) is 0. The van der Waals surface area contributed by atoms with Crippen molar-refractivity contribution < 1.29 is 22.7 Å². The summed E-state index contributed by atoms with van der Waals surface area (Å²) in [5.74, 6) is 0.932. The van der Waals surface area contributed by atoms with Crippen LogP contribution in [0.2, 0.25) is 0 Å². The number of nitrogens with zero attached hydrogens (tertiary/aromatic N) is 3. The summed E-state index contributed by atoms with van der Waals surface area (Å²) in [6.07, 6.45) is 0. The number of methoxy groups -OCH3 is 2. The number of ether oxygens (including phenoxy) is 2. The molecule has 8 nitrogen and oxygen atoms in total. The molecular formula is C20H33N3O5S. The topological polar surface area (TPSA) is 79.4 Å². The SMILES string of the molecule is COc1ccc(S(=O)(=O)N2CCN(CC(=O)N(C(C)C)C(C)C)CC2)cc1OC. The van der Waals surface area contributed by atoms with Gasteiger partial charge in [-0.3, -0.25) is 9.69 Å². The Morgan fingerprint density at radius 3 is 2.03 bits per heavy atom. The van der Waals surface area contributed by atoms with E-state index in [0.717, 1.165) is 0 Å². The van der Waals surface area contributed by atoms with Crippen LogP contribution in [0.1, 0.15) is 27.7 Å². The third-order valence-corrected chi connectivity index (χ3v) is 6.98. The lowest BCUT2D eigenvalue weighted by Crippen LogP contribution is -2.53. The number of carbonyl (C=O) groups excluding carboxylic acids is 1. The first-order chi connectivity index (χ1) is 13.6. The van der Waals surface area contributed by atoms with Crippen LogP contribution in [-0.4, -0.2) is 87.5 Å². The van der Waals surface area contributed by atoms with Gasteiger partial charge in [-0.05, 0) is 39.8 Å². The number of sulfonamides is 1. The minimum atomic E-state index is -3.64. The first-order valence-electron chi connectivity index (χ1n) is 9.87. The Kier molecular flexibility index (Phi) is 7.90. The predicted octanol–water partition coefficient (Wildman–Crippen LogP) is 1.66. The lowest BCUT2D eigenvalue weighted by molar-refractivity contribution is -0.136. The average molecular weight is 428 g/mol. The number of amides is 1. The average Bonchev–Trinajstić information content (AvgIpc) is 2.67. The first-order valence-corrected chi connectivity index (χ1v) is 11.3. The van der Waals surface area contributed by atoms with Crippen LogP contribution < -0.4 is 9.47 Å². The highest BCUT2D eigenvalue weighted by Crippen LogP contribution is 2.30. The summed E-state index contributed by atoms with van der Waals surface area (Å²) >= 11 is 0. The molecule has 9 heteroatoms. The van der Waals surface area contributed by atoms with Gasteiger partial charge in [-0.1, -0.05) is 0 Å². The lowest BCUT2D eigenvalue weighted by Gasteiger charge is -2.36. The summed E-state index contributed by atoms with van der Waals surface area (Å²) in [6, 6.07) is 4.86. The number of hydrogen-bond acceptors (Lipinski definition) is 6. The van der Waals surface area contributed by atoms with Crippen LogP contribution in [0.25, 0.3) is 0 Å². The van der Waals surface area contributed by atoms with E-state index in [4.69, 9.17) is 9.47 Å². The molecule has 1 aromatic carbocycles. The smallest absolute Gasteiger partial charge is 0.243 e. The van der Waals surface area contributed by atoms with Crippen LogP contribution in [0.15, 0.2) is 23.1 Å². The van der Waals surface area contributed by atoms with E-state index >= 15 is 0 Å². The molecule has 0 radical (unpaired) electrons. The second-order valence-electron chi connectivity index (χ2n) is 7.69. The van der Waals surface area contributed by atoms with Gasteiger partial charge in [0.05, 0.1) is 25.7 Å². The van der Waals surface area contributed by atoms with Crippen molar-refractivity contribution in [2.75, 3.05) is 46.9 Å². The molecule has 1 amide bonds. The Balaban J connectivity index is 2.04. The Hall–Kier alpha value is -1.84. The second kappa shape index (κ2) is 9.77. The zero-order chi connectivity index (χ0) is 21.8. The van der Waals surface area contributed by atoms with E-state index in [-0.39, 0.29) is 22.9 Å². The van der Waals surface area contributed by atoms with Gasteiger partial charge in [0.25, 0.3) is 0 Å². The van der Waals surface area contributed by atoms with Gasteiger partial charge in [-0.15, -0.1) is 0 Å². The van der Waals surface area contributed by atoms with E-state index in [1.54, 1.807) is 6.07 Å². The van der Waals surface area contributed by atoms with E-state index in [0.29, 0.717) is 44.2 Å². The fourth-order valence-corrected chi connectivity index (χ4v) is 5.14. The van der Waals surface area contributed by atoms with Crippen LogP contribution in [0.5, 0.6) is 11.5 Å². The third-order valence-electron chi connectivity index (χ3n) is 5.08. The molecule has 1 saturated heterocycles. The Morgan fingerprint density at radius 1 is 1.00 bits per heavy atom. The van der Waals surface area contributed by atoms with Gasteiger partial charge in [0, 0.05) is 44.3 Å². The zero-order valence-corrected chi connectivity index (χ0v) is 19.0. The number of carbonyl (C=O) groups is 1. The molecule has 0 aliphatic carbocycles. The molecule has 1 aliphatic rings. The molecule has 1 aliphatic heterocycles. The fourth-order valence-electron chi connectivity index (χ4n) is 3.70. The quantitative estimate of drug-likeness (QED) is 0.628. The van der Waals surface area contributed by atoms with Crippen molar-refractivity contribution in [1.82, 2.24) is 14.1 Å². The van der Waals surface area contributed by atoms with Gasteiger partial charge in [0.2, 0.25) is 15.9 Å². The monoisotopic (exact) mass is 427 g/mol. The molecular weight excluding hydrogens is 394 g/mol. The van der Waals surface area contributed by atoms with E-state index < -0.39 is 10.0 Å². The van der Waals surface area contributed by atoms with Crippen molar-refractivity contribution in [2.24, 2.45) is 0 Å². The summed E-state index contributed by atoms with van der Waals surface area (Å²) in [6.45, 7) is 10.0. The molecule has 1 heterocycles. The Bertz CT molecular complexity index is 794. The maximum atomic E-state index is 13.0. The highest BCUT2D eigenvalue weighted by molar-refractivity contribution is 7.89. The van der Waals surface area contributed by atoms with E-state index in [1.807, 2.05) is 37.5 Å². The highest BCUT2D eigenvalue weighted by atomic mass is 32.2. The molecule has 0 bridgehead atoms. The Morgan fingerprint density at radius 2 is 1.55 bits per heavy atom. The van der Waals surface area contributed by atoms with Gasteiger partial charge in [-0.2, -0.15) is 4.31 Å². The molecule has 1 aromatic rings. The molecule has 0 unspecified atom stereocenters. The minimum Gasteiger partial charge on any atom is -0.493 e. The normalized spacial score (nSPS) is 16.3.